The number of aliphatic imine (C=N–C) groups is 2. The molecule has 0 aliphatic carbocycles. The van der Waals surface area contributed by atoms with Gasteiger partial charge in [-0.2, -0.15) is 0 Å². The Morgan fingerprint density at radius 2 is 1.30 bits per heavy atom. The molecular weight excluding hydrogens is 434 g/mol. The van der Waals surface area contributed by atoms with Crippen LogP contribution in [0, 0.1) is 0 Å². The molecule has 0 aromatic carbocycles. The minimum absolute atomic E-state index is 0. The Kier molecular flexibility index (Phi) is 6.09. The molecule has 0 saturated carbocycles. The van der Waals surface area contributed by atoms with Crippen molar-refractivity contribution >= 4 is 48.1 Å². The van der Waals surface area contributed by atoms with Crippen LogP contribution in [-0.4, -0.2) is 21.5 Å². The van der Waals surface area contributed by atoms with Gasteiger partial charge >= 0.3 is 0 Å². The van der Waals surface area contributed by atoms with Gasteiger partial charge in [-0.15, -0.1) is 12.4 Å². The second kappa shape index (κ2) is 8.83. The Balaban J connectivity index is 0.00000259. The first-order chi connectivity index (χ1) is 15.5. The maximum atomic E-state index is 10.5. The van der Waals surface area contributed by atoms with Crippen LogP contribution in [0.3, 0.4) is 0 Å². The molecule has 0 amide bonds. The fourth-order valence-corrected chi connectivity index (χ4v) is 4.40. The molecule has 0 saturated heterocycles. The Labute approximate surface area is 199 Å². The predicted octanol–water partition coefficient (Wildman–Crippen LogP) is 5.12. The molecule has 1 N–H and O–H groups in total. The Morgan fingerprint density at radius 3 is 1.85 bits per heavy atom. The molecule has 0 atom stereocenters. The van der Waals surface area contributed by atoms with Gasteiger partial charge in [-0.25, -0.2) is 15.0 Å². The van der Waals surface area contributed by atoms with Crippen LogP contribution in [0.5, 0.6) is 5.75 Å². The number of aromatic nitrogens is 1. The van der Waals surface area contributed by atoms with Crippen molar-refractivity contribution in [2.24, 2.45) is 9.98 Å². The van der Waals surface area contributed by atoms with E-state index < -0.39 is 0 Å². The number of rotatable bonds is 2. The van der Waals surface area contributed by atoms with Gasteiger partial charge in [-0.1, -0.05) is 13.8 Å². The molecule has 0 spiro atoms. The summed E-state index contributed by atoms with van der Waals surface area (Å²) in [4.78, 5) is 14.4. The van der Waals surface area contributed by atoms with Crippen LogP contribution < -0.4 is 10.8 Å². The molecule has 0 radical (unpaired) electrons. The van der Waals surface area contributed by atoms with E-state index in [1.165, 1.54) is 5.57 Å². The zero-order valence-electron chi connectivity index (χ0n) is 19.1. The highest BCUT2D eigenvalue weighted by Gasteiger charge is 2.21. The number of hydrogen-bond acceptors (Lipinski definition) is 5. The molecule has 0 fully saturated rings. The van der Waals surface area contributed by atoms with Gasteiger partial charge in [0.1, 0.15) is 22.3 Å². The molecular formula is C27H26ClN3O2. The third kappa shape index (κ3) is 4.05. The lowest BCUT2D eigenvalue weighted by Crippen LogP contribution is -2.07. The summed E-state index contributed by atoms with van der Waals surface area (Å²) in [6.45, 7) is 8.40. The van der Waals surface area contributed by atoms with Gasteiger partial charge in [0, 0.05) is 12.2 Å². The number of halogens is 1. The highest BCUT2D eigenvalue weighted by molar-refractivity contribution is 6.24. The Morgan fingerprint density at radius 1 is 0.758 bits per heavy atom. The topological polar surface area (TPSA) is 71.0 Å². The molecule has 2 aromatic rings. The van der Waals surface area contributed by atoms with Gasteiger partial charge in [0.2, 0.25) is 0 Å². The van der Waals surface area contributed by atoms with E-state index in [0.29, 0.717) is 5.69 Å². The summed E-state index contributed by atoms with van der Waals surface area (Å²) in [5.74, 6) is 0.125. The van der Waals surface area contributed by atoms with Crippen molar-refractivity contribution in [1.82, 2.24) is 4.98 Å². The normalized spacial score (nSPS) is 17.0. The summed E-state index contributed by atoms with van der Waals surface area (Å²) in [6.07, 6.45) is 9.50. The maximum absolute atomic E-state index is 10.5. The maximum Gasteiger partial charge on any atom is 0.141 e. The molecule has 0 unspecified atom stereocenters. The van der Waals surface area contributed by atoms with E-state index in [1.807, 2.05) is 36.4 Å². The number of pyridine rings is 1. The van der Waals surface area contributed by atoms with Crippen molar-refractivity contribution in [3.8, 4) is 5.75 Å². The summed E-state index contributed by atoms with van der Waals surface area (Å²) in [7, 11) is 0. The first-order valence-electron chi connectivity index (χ1n) is 11.0. The number of allylic oxidation sites excluding steroid dienone is 4. The van der Waals surface area contributed by atoms with E-state index in [2.05, 4.69) is 27.7 Å². The average Bonchev–Trinajstić information content (AvgIpc) is 3.41. The van der Waals surface area contributed by atoms with E-state index >= 15 is 0 Å². The molecule has 168 valence electrons. The van der Waals surface area contributed by atoms with E-state index in [9.17, 15) is 5.11 Å². The largest absolute Gasteiger partial charge is 0.506 e. The van der Waals surface area contributed by atoms with Gasteiger partial charge < -0.3 is 9.52 Å². The molecule has 33 heavy (non-hydrogen) atoms. The van der Waals surface area contributed by atoms with Crippen molar-refractivity contribution in [3.63, 3.8) is 0 Å². The fourth-order valence-electron chi connectivity index (χ4n) is 4.40. The zero-order valence-corrected chi connectivity index (χ0v) is 20.0. The first-order valence-corrected chi connectivity index (χ1v) is 11.0. The van der Waals surface area contributed by atoms with Crippen LogP contribution in [0.4, 0.5) is 0 Å². The smallest absolute Gasteiger partial charge is 0.141 e. The Bertz CT molecular complexity index is 1460. The van der Waals surface area contributed by atoms with E-state index in [1.54, 1.807) is 12.1 Å². The summed E-state index contributed by atoms with van der Waals surface area (Å²) < 4.78 is 6.09. The van der Waals surface area contributed by atoms with Crippen molar-refractivity contribution in [3.05, 3.63) is 80.2 Å². The van der Waals surface area contributed by atoms with Gasteiger partial charge in [0.15, 0.2) is 0 Å². The third-order valence-electron chi connectivity index (χ3n) is 6.17. The van der Waals surface area contributed by atoms with Gasteiger partial charge in [-0.3, -0.25) is 0 Å². The van der Waals surface area contributed by atoms with Crippen LogP contribution in [0.25, 0.3) is 24.3 Å². The van der Waals surface area contributed by atoms with Crippen molar-refractivity contribution < 1.29 is 9.52 Å². The number of aromatic hydroxyl groups is 1. The van der Waals surface area contributed by atoms with Crippen molar-refractivity contribution in [1.29, 1.82) is 0 Å². The molecule has 3 aliphatic rings. The SMILES string of the molecule is CCC1=C(C)C2=Cc3ccc(O)c(n3)C=C3N=C(C=c4ccc(o4)=CC1=N2)C(CC)=C3C.Cl. The van der Waals surface area contributed by atoms with Crippen molar-refractivity contribution in [2.45, 2.75) is 40.5 Å². The van der Waals surface area contributed by atoms with Crippen LogP contribution in [-0.2, 0) is 0 Å². The quantitative estimate of drug-likeness (QED) is 0.677. The lowest BCUT2D eigenvalue weighted by Gasteiger charge is -2.04. The molecule has 8 bridgehead atoms. The van der Waals surface area contributed by atoms with E-state index in [-0.39, 0.29) is 18.2 Å². The summed E-state index contributed by atoms with van der Waals surface area (Å²) >= 11 is 0. The number of furan rings is 1. The molecule has 5 rings (SSSR count). The highest BCUT2D eigenvalue weighted by Crippen LogP contribution is 2.32. The van der Waals surface area contributed by atoms with Crippen LogP contribution in [0.1, 0.15) is 51.9 Å². The average molecular weight is 460 g/mol. The standard InChI is InChI=1S/C27H25N3O2.ClH/c1-5-20-15(3)22-11-17-7-10-27(31)26(28-17)14-23-16(4)21(6-2)25(30-23)13-19-9-8-18(32-19)12-24(20)29-22;/h7-14,31H,5-6H2,1-4H3;1H. The summed E-state index contributed by atoms with van der Waals surface area (Å²) in [5.41, 5.74) is 10.8. The second-order valence-electron chi connectivity index (χ2n) is 8.14. The highest BCUT2D eigenvalue weighted by atomic mass is 35.5. The number of hydrogen-bond donors (Lipinski definition) is 1. The minimum atomic E-state index is 0. The Hall–Kier alpha value is -3.44. The van der Waals surface area contributed by atoms with Gasteiger partial charge in [0.05, 0.1) is 28.5 Å². The van der Waals surface area contributed by atoms with E-state index in [0.717, 1.165) is 68.9 Å². The molecule has 3 aliphatic heterocycles. The molecule has 5 heterocycles. The lowest BCUT2D eigenvalue weighted by molar-refractivity contribution is 0.471. The molecule has 6 heteroatoms. The fraction of sp³-hybridized carbons (Fsp3) is 0.222. The number of nitrogens with zero attached hydrogens (tertiary/aromatic N) is 3. The second-order valence-corrected chi connectivity index (χ2v) is 8.14. The predicted molar refractivity (Wildman–Crippen MR) is 137 cm³/mol. The number of fused-ring (bicyclic) bond motifs is 6. The minimum Gasteiger partial charge on any atom is -0.506 e. The van der Waals surface area contributed by atoms with Crippen LogP contribution >= 0.6 is 12.4 Å². The van der Waals surface area contributed by atoms with Gasteiger partial charge in [-0.05, 0) is 85.4 Å². The third-order valence-corrected chi connectivity index (χ3v) is 6.17. The van der Waals surface area contributed by atoms with Crippen LogP contribution in [0.15, 0.2) is 72.4 Å². The monoisotopic (exact) mass is 459 g/mol. The summed E-state index contributed by atoms with van der Waals surface area (Å²) in [6, 6.07) is 7.41. The molecule has 5 nitrogen and oxygen atoms in total. The zero-order chi connectivity index (χ0) is 22.4. The van der Waals surface area contributed by atoms with Crippen LogP contribution in [0.2, 0.25) is 0 Å². The first kappa shape index (κ1) is 22.7. The van der Waals surface area contributed by atoms with Crippen molar-refractivity contribution in [2.75, 3.05) is 0 Å². The molecule has 2 aromatic heterocycles. The van der Waals surface area contributed by atoms with E-state index in [4.69, 9.17) is 19.4 Å². The lowest BCUT2D eigenvalue weighted by atomic mass is 10.0. The summed E-state index contributed by atoms with van der Waals surface area (Å²) in [5, 5.41) is 10.5. The van der Waals surface area contributed by atoms with Gasteiger partial charge in [0.25, 0.3) is 0 Å².